The Morgan fingerprint density at radius 2 is 0.792 bits per heavy atom. The molecule has 0 bridgehead atoms. The summed E-state index contributed by atoms with van der Waals surface area (Å²) in [5.41, 5.74) is -1.31. The number of carboxylic acid groups (broad SMARTS) is 6. The molecule has 24 heavy (non-hydrogen) atoms. The van der Waals surface area contributed by atoms with Gasteiger partial charge < -0.3 is 30.6 Å². The molecule has 0 unspecified atom stereocenters. The Hall–Kier alpha value is -3.70. The Morgan fingerprint density at radius 1 is 0.542 bits per heavy atom. The first kappa shape index (κ1) is 22.6. The minimum atomic E-state index is -1.54. The Balaban J connectivity index is 0. The fraction of sp³-hybridized carbons (Fsp3) is 0.167. The zero-order chi connectivity index (χ0) is 19.4. The van der Waals surface area contributed by atoms with Crippen molar-refractivity contribution in [2.75, 3.05) is 0 Å². The molecule has 12 heteroatoms. The first-order valence-corrected chi connectivity index (χ1v) is 5.64. The molecule has 0 atom stereocenters. The Kier molecular flexibility index (Phi) is 10.3. The fourth-order valence-corrected chi connectivity index (χ4v) is 1.00. The van der Waals surface area contributed by atoms with E-state index in [0.29, 0.717) is 12.2 Å². The van der Waals surface area contributed by atoms with Crippen LogP contribution in [0.3, 0.4) is 0 Å². The van der Waals surface area contributed by atoms with Crippen LogP contribution in [0, 0.1) is 0 Å². The van der Waals surface area contributed by atoms with Gasteiger partial charge in [-0.1, -0.05) is 0 Å². The average molecular weight is 348 g/mol. The number of hydrogen-bond donors (Lipinski definition) is 6. The van der Waals surface area contributed by atoms with E-state index in [1.54, 1.807) is 0 Å². The molecule has 0 aromatic heterocycles. The van der Waals surface area contributed by atoms with Gasteiger partial charge >= 0.3 is 35.8 Å². The molecule has 0 heterocycles. The second-order valence-corrected chi connectivity index (χ2v) is 3.77. The lowest BCUT2D eigenvalue weighted by Crippen LogP contribution is -2.08. The van der Waals surface area contributed by atoms with E-state index in [0.717, 1.165) is 0 Å². The standard InChI is InChI=1S/2C6H6O6/c2*7-4(8)1-3(6(11)12)2-5(9)10/h2*1H,2H2,(H,7,8)(H,9,10)(H,11,12)/b3-1+;. The normalized spacial score (nSPS) is 10.8. The van der Waals surface area contributed by atoms with Crippen molar-refractivity contribution in [2.45, 2.75) is 12.8 Å². The summed E-state index contributed by atoms with van der Waals surface area (Å²) in [5.74, 6) is -8.81. The monoisotopic (exact) mass is 348 g/mol. The van der Waals surface area contributed by atoms with E-state index in [-0.39, 0.29) is 0 Å². The van der Waals surface area contributed by atoms with Crippen LogP contribution in [0.5, 0.6) is 0 Å². The second kappa shape index (κ2) is 10.9. The molecule has 0 saturated carbocycles. The molecule has 0 rings (SSSR count). The highest BCUT2D eigenvalue weighted by Crippen LogP contribution is 2.01. The third-order valence-corrected chi connectivity index (χ3v) is 1.83. The zero-order valence-electron chi connectivity index (χ0n) is 11.7. The number of rotatable bonds is 8. The molecule has 0 fully saturated rings. The lowest BCUT2D eigenvalue weighted by atomic mass is 10.2. The molecule has 0 aromatic carbocycles. The number of carbonyl (C=O) groups is 6. The molecule has 0 saturated heterocycles. The van der Waals surface area contributed by atoms with E-state index in [9.17, 15) is 28.8 Å². The van der Waals surface area contributed by atoms with Crippen molar-refractivity contribution in [3.63, 3.8) is 0 Å². The predicted molar refractivity (Wildman–Crippen MR) is 71.2 cm³/mol. The lowest BCUT2D eigenvalue weighted by molar-refractivity contribution is -0.140. The SMILES string of the molecule is O=C(O)/C=C(\CC(=O)O)C(=O)O.O=C(O)C=C(CC(=O)O)C(=O)O. The molecule has 0 aliphatic carbocycles. The Morgan fingerprint density at radius 3 is 0.917 bits per heavy atom. The van der Waals surface area contributed by atoms with Gasteiger partial charge in [0.15, 0.2) is 0 Å². The molecule has 0 radical (unpaired) electrons. The third-order valence-electron chi connectivity index (χ3n) is 1.83. The molecule has 132 valence electrons. The van der Waals surface area contributed by atoms with Crippen LogP contribution in [-0.2, 0) is 28.8 Å². The molecule has 0 aliphatic rings. The van der Waals surface area contributed by atoms with Gasteiger partial charge in [0, 0.05) is 12.2 Å². The van der Waals surface area contributed by atoms with Gasteiger partial charge in [-0.3, -0.25) is 9.59 Å². The minimum absolute atomic E-state index is 0.358. The van der Waals surface area contributed by atoms with Crippen molar-refractivity contribution in [3.05, 3.63) is 23.3 Å². The molecule has 0 amide bonds. The third kappa shape index (κ3) is 13.3. The summed E-state index contributed by atoms with van der Waals surface area (Å²) in [4.78, 5) is 60.3. The first-order valence-electron chi connectivity index (χ1n) is 5.64. The van der Waals surface area contributed by atoms with Crippen molar-refractivity contribution in [1.29, 1.82) is 0 Å². The van der Waals surface area contributed by atoms with E-state index in [4.69, 9.17) is 30.6 Å². The quantitative estimate of drug-likeness (QED) is 0.294. The summed E-state index contributed by atoms with van der Waals surface area (Å²) < 4.78 is 0. The van der Waals surface area contributed by atoms with Gasteiger partial charge in [-0.25, -0.2) is 19.2 Å². The van der Waals surface area contributed by atoms with Gasteiger partial charge in [0.25, 0.3) is 0 Å². The Labute approximate surface area is 132 Å². The zero-order valence-corrected chi connectivity index (χ0v) is 11.7. The summed E-state index contributed by atoms with van der Waals surface area (Å²) in [6, 6.07) is 0. The topological polar surface area (TPSA) is 224 Å². The van der Waals surface area contributed by atoms with Crippen molar-refractivity contribution in [1.82, 2.24) is 0 Å². The van der Waals surface area contributed by atoms with Gasteiger partial charge in [0.05, 0.1) is 24.0 Å². The van der Waals surface area contributed by atoms with Gasteiger partial charge in [-0.15, -0.1) is 0 Å². The number of aliphatic carboxylic acids is 6. The van der Waals surface area contributed by atoms with Gasteiger partial charge in [-0.05, 0) is 0 Å². The largest absolute Gasteiger partial charge is 0.481 e. The van der Waals surface area contributed by atoms with E-state index in [2.05, 4.69) is 0 Å². The predicted octanol–water partition coefficient (Wildman–Crippen LogP) is -0.887. The molecule has 0 spiro atoms. The highest BCUT2D eigenvalue weighted by molar-refractivity contribution is 5.98. The Bertz CT molecular complexity index is 556. The van der Waals surface area contributed by atoms with Gasteiger partial charge in [0.2, 0.25) is 0 Å². The number of carboxylic acids is 6. The van der Waals surface area contributed by atoms with Crippen molar-refractivity contribution >= 4 is 35.8 Å². The summed E-state index contributed by atoms with van der Waals surface area (Å²) in [5, 5.41) is 49.1. The highest BCUT2D eigenvalue weighted by Gasteiger charge is 2.13. The molecule has 0 aliphatic heterocycles. The summed E-state index contributed by atoms with van der Waals surface area (Å²) in [7, 11) is 0. The molecule has 12 nitrogen and oxygen atoms in total. The van der Waals surface area contributed by atoms with E-state index >= 15 is 0 Å². The summed E-state index contributed by atoms with van der Waals surface area (Å²) >= 11 is 0. The first-order chi connectivity index (χ1) is 10.9. The average Bonchev–Trinajstić information content (AvgIpc) is 2.35. The van der Waals surface area contributed by atoms with E-state index in [1.165, 1.54) is 0 Å². The maximum absolute atomic E-state index is 10.2. The fourth-order valence-electron chi connectivity index (χ4n) is 1.00. The maximum atomic E-state index is 10.2. The van der Waals surface area contributed by atoms with E-state index in [1.807, 2.05) is 0 Å². The summed E-state index contributed by atoms with van der Waals surface area (Å²) in [6.45, 7) is 0. The minimum Gasteiger partial charge on any atom is -0.481 e. The van der Waals surface area contributed by atoms with Crippen LogP contribution < -0.4 is 0 Å². The van der Waals surface area contributed by atoms with Crippen LogP contribution in [0.25, 0.3) is 0 Å². The van der Waals surface area contributed by atoms with Crippen LogP contribution in [0.1, 0.15) is 12.8 Å². The van der Waals surface area contributed by atoms with Crippen molar-refractivity contribution in [2.24, 2.45) is 0 Å². The van der Waals surface area contributed by atoms with E-state index < -0.39 is 59.8 Å². The van der Waals surface area contributed by atoms with Crippen LogP contribution in [0.2, 0.25) is 0 Å². The number of hydrogen-bond acceptors (Lipinski definition) is 6. The van der Waals surface area contributed by atoms with Gasteiger partial charge in [-0.2, -0.15) is 0 Å². The van der Waals surface area contributed by atoms with Crippen LogP contribution in [0.4, 0.5) is 0 Å². The second-order valence-electron chi connectivity index (χ2n) is 3.77. The van der Waals surface area contributed by atoms with Crippen LogP contribution >= 0.6 is 0 Å². The van der Waals surface area contributed by atoms with Crippen LogP contribution in [0.15, 0.2) is 23.3 Å². The smallest absolute Gasteiger partial charge is 0.332 e. The van der Waals surface area contributed by atoms with Crippen molar-refractivity contribution < 1.29 is 59.4 Å². The van der Waals surface area contributed by atoms with Crippen LogP contribution in [-0.4, -0.2) is 66.5 Å². The molecule has 6 N–H and O–H groups in total. The summed E-state index contributed by atoms with van der Waals surface area (Å²) in [6.07, 6.45) is -0.893. The lowest BCUT2D eigenvalue weighted by Gasteiger charge is -1.94. The maximum Gasteiger partial charge on any atom is 0.332 e. The molecular weight excluding hydrogens is 336 g/mol. The highest BCUT2D eigenvalue weighted by atomic mass is 16.4. The molecule has 0 aromatic rings. The van der Waals surface area contributed by atoms with Gasteiger partial charge in [0.1, 0.15) is 0 Å². The molecular formula is C12H12O12. The van der Waals surface area contributed by atoms with Crippen molar-refractivity contribution in [3.8, 4) is 0 Å².